The number of hydrogen-bond acceptors (Lipinski definition) is 7. The number of nitrogens with zero attached hydrogens (tertiary/aromatic N) is 3. The summed E-state index contributed by atoms with van der Waals surface area (Å²) in [5.74, 6) is -0.308. The second-order valence-corrected chi connectivity index (χ2v) is 6.88. The average Bonchev–Trinajstić information content (AvgIpc) is 3.42. The molecule has 0 radical (unpaired) electrons. The number of aromatic nitrogens is 3. The Morgan fingerprint density at radius 3 is 2.88 bits per heavy atom. The number of esters is 1. The molecule has 0 bridgehead atoms. The highest BCUT2D eigenvalue weighted by Gasteiger charge is 2.17. The third kappa shape index (κ3) is 4.28. The molecule has 0 amide bonds. The third-order valence-electron chi connectivity index (χ3n) is 4.52. The van der Waals surface area contributed by atoms with Gasteiger partial charge in [0.1, 0.15) is 18.1 Å². The maximum absolute atomic E-state index is 13.2. The standard InChI is InChI=1S/C21H16F2N4O4S/c1-29-20(28)17-9-7-13(31-17)11-30-16-8-6-12-4-2-3-5-14(12)15(16)10-24-27-19(18(22)23)25-26-21(27)32/h2-10,18H,11H2,1H3,(H,26,32). The third-order valence-corrected chi connectivity index (χ3v) is 4.79. The number of nitrogens with one attached hydrogen (secondary N) is 1. The first-order chi connectivity index (χ1) is 15.5. The lowest BCUT2D eigenvalue weighted by atomic mass is 10.0. The molecule has 0 saturated heterocycles. The van der Waals surface area contributed by atoms with E-state index in [4.69, 9.17) is 21.4 Å². The number of carbonyl (C=O) groups is 1. The van der Waals surface area contributed by atoms with Crippen LogP contribution in [-0.2, 0) is 11.3 Å². The predicted octanol–water partition coefficient (Wildman–Crippen LogP) is 4.87. The van der Waals surface area contributed by atoms with E-state index in [0.29, 0.717) is 17.1 Å². The first-order valence-corrected chi connectivity index (χ1v) is 9.70. The topological polar surface area (TPSA) is 94.6 Å². The lowest BCUT2D eigenvalue weighted by Gasteiger charge is -2.11. The number of methoxy groups -OCH3 is 1. The van der Waals surface area contributed by atoms with Gasteiger partial charge in [-0.2, -0.15) is 14.9 Å². The van der Waals surface area contributed by atoms with Crippen LogP contribution < -0.4 is 4.74 Å². The number of hydrogen-bond donors (Lipinski definition) is 1. The van der Waals surface area contributed by atoms with E-state index in [9.17, 15) is 13.6 Å². The van der Waals surface area contributed by atoms with Gasteiger partial charge >= 0.3 is 5.97 Å². The highest BCUT2D eigenvalue weighted by molar-refractivity contribution is 7.71. The van der Waals surface area contributed by atoms with Gasteiger partial charge in [0.25, 0.3) is 6.43 Å². The van der Waals surface area contributed by atoms with Gasteiger partial charge in [0.05, 0.1) is 13.3 Å². The fourth-order valence-electron chi connectivity index (χ4n) is 3.02. The lowest BCUT2D eigenvalue weighted by molar-refractivity contribution is 0.0561. The number of benzene rings is 2. The maximum Gasteiger partial charge on any atom is 0.373 e. The van der Waals surface area contributed by atoms with Crippen LogP contribution in [0.25, 0.3) is 10.8 Å². The van der Waals surface area contributed by atoms with Crippen LogP contribution in [-0.4, -0.2) is 34.2 Å². The van der Waals surface area contributed by atoms with Crippen LogP contribution in [0.5, 0.6) is 5.75 Å². The van der Waals surface area contributed by atoms with Gasteiger partial charge in [-0.1, -0.05) is 30.3 Å². The molecule has 0 atom stereocenters. The minimum absolute atomic E-state index is 0.0175. The summed E-state index contributed by atoms with van der Waals surface area (Å²) in [6, 6.07) is 14.2. The van der Waals surface area contributed by atoms with E-state index in [-0.39, 0.29) is 17.1 Å². The van der Waals surface area contributed by atoms with Crippen LogP contribution in [0.3, 0.4) is 0 Å². The Hall–Kier alpha value is -3.86. The molecule has 4 rings (SSSR count). The van der Waals surface area contributed by atoms with Crippen molar-refractivity contribution in [2.45, 2.75) is 13.0 Å². The molecule has 1 N–H and O–H groups in total. The molecular formula is C21H16F2N4O4S. The van der Waals surface area contributed by atoms with Crippen LogP contribution in [0.2, 0.25) is 0 Å². The van der Waals surface area contributed by atoms with Crippen molar-refractivity contribution in [2.75, 3.05) is 7.11 Å². The predicted molar refractivity (Wildman–Crippen MR) is 114 cm³/mol. The Balaban J connectivity index is 1.69. The summed E-state index contributed by atoms with van der Waals surface area (Å²) in [5, 5.41) is 11.6. The zero-order valence-corrected chi connectivity index (χ0v) is 17.4. The monoisotopic (exact) mass is 458 g/mol. The first kappa shape index (κ1) is 21.4. The number of H-pyrrole nitrogens is 1. The number of furan rings is 1. The molecule has 2 aromatic carbocycles. The van der Waals surface area contributed by atoms with E-state index in [0.717, 1.165) is 15.4 Å². The summed E-state index contributed by atoms with van der Waals surface area (Å²) in [6.07, 6.45) is -1.47. The Morgan fingerprint density at radius 1 is 1.28 bits per heavy atom. The fourth-order valence-corrected chi connectivity index (χ4v) is 3.21. The Kier molecular flexibility index (Phi) is 6.08. The molecule has 0 unspecified atom stereocenters. The number of fused-ring (bicyclic) bond motifs is 1. The van der Waals surface area contributed by atoms with E-state index >= 15 is 0 Å². The van der Waals surface area contributed by atoms with Crippen molar-refractivity contribution in [1.82, 2.24) is 14.9 Å². The molecule has 0 aliphatic rings. The van der Waals surface area contributed by atoms with Crippen LogP contribution in [0.15, 0.2) is 58.0 Å². The number of ether oxygens (including phenoxy) is 2. The zero-order chi connectivity index (χ0) is 22.7. The molecular weight excluding hydrogens is 442 g/mol. The summed E-state index contributed by atoms with van der Waals surface area (Å²) < 4.78 is 43.1. The highest BCUT2D eigenvalue weighted by Crippen LogP contribution is 2.28. The molecule has 164 valence electrons. The lowest BCUT2D eigenvalue weighted by Crippen LogP contribution is -2.02. The minimum Gasteiger partial charge on any atom is -0.485 e. The van der Waals surface area contributed by atoms with Crippen molar-refractivity contribution in [3.63, 3.8) is 0 Å². The Bertz CT molecular complexity index is 1360. The molecule has 0 spiro atoms. The molecule has 0 aliphatic carbocycles. The number of aromatic amines is 1. The largest absolute Gasteiger partial charge is 0.485 e. The van der Waals surface area contributed by atoms with Gasteiger partial charge in [-0.05, 0) is 41.2 Å². The van der Waals surface area contributed by atoms with E-state index < -0.39 is 18.2 Å². The molecule has 2 heterocycles. The number of halogens is 2. The van der Waals surface area contributed by atoms with Crippen molar-refractivity contribution < 1.29 is 27.5 Å². The highest BCUT2D eigenvalue weighted by atomic mass is 32.1. The zero-order valence-electron chi connectivity index (χ0n) is 16.6. The van der Waals surface area contributed by atoms with Crippen LogP contribution in [0, 0.1) is 4.77 Å². The van der Waals surface area contributed by atoms with Crippen LogP contribution >= 0.6 is 12.2 Å². The summed E-state index contributed by atoms with van der Waals surface area (Å²) >= 11 is 5.00. The van der Waals surface area contributed by atoms with E-state index in [1.165, 1.54) is 19.4 Å². The number of rotatable bonds is 7. The average molecular weight is 458 g/mol. The van der Waals surface area contributed by atoms with Crippen LogP contribution in [0.4, 0.5) is 8.78 Å². The summed E-state index contributed by atoms with van der Waals surface area (Å²) in [4.78, 5) is 11.6. The van der Waals surface area contributed by atoms with Gasteiger partial charge in [-0.25, -0.2) is 18.7 Å². The van der Waals surface area contributed by atoms with Crippen molar-refractivity contribution in [1.29, 1.82) is 0 Å². The molecule has 8 nitrogen and oxygen atoms in total. The summed E-state index contributed by atoms with van der Waals surface area (Å²) in [6.45, 7) is 0.0175. The molecule has 4 aromatic rings. The Labute approximate surface area is 185 Å². The second-order valence-electron chi connectivity index (χ2n) is 6.49. The minimum atomic E-state index is -2.86. The smallest absolute Gasteiger partial charge is 0.373 e. The van der Waals surface area contributed by atoms with Crippen molar-refractivity contribution in [3.05, 3.63) is 76.2 Å². The van der Waals surface area contributed by atoms with Gasteiger partial charge in [-0.3, -0.25) is 0 Å². The fraction of sp³-hybridized carbons (Fsp3) is 0.143. The van der Waals surface area contributed by atoms with E-state index in [1.54, 1.807) is 12.1 Å². The summed E-state index contributed by atoms with van der Waals surface area (Å²) in [5.41, 5.74) is 0.547. The normalized spacial score (nSPS) is 11.5. The van der Waals surface area contributed by atoms with Crippen molar-refractivity contribution >= 4 is 35.2 Å². The van der Waals surface area contributed by atoms with E-state index in [1.807, 2.05) is 30.3 Å². The number of carbonyl (C=O) groups excluding carboxylic acids is 1. The second kappa shape index (κ2) is 9.10. The Morgan fingerprint density at radius 2 is 2.09 bits per heavy atom. The molecule has 2 aromatic heterocycles. The molecule has 0 fully saturated rings. The molecule has 0 saturated carbocycles. The maximum atomic E-state index is 13.2. The SMILES string of the molecule is COC(=O)c1ccc(COc2ccc3ccccc3c2C=Nn2c(C(F)F)n[nH]c2=S)o1. The van der Waals surface area contributed by atoms with Gasteiger partial charge in [0.2, 0.25) is 16.4 Å². The van der Waals surface area contributed by atoms with Gasteiger partial charge in [-0.15, -0.1) is 0 Å². The molecule has 32 heavy (non-hydrogen) atoms. The van der Waals surface area contributed by atoms with Gasteiger partial charge in [0, 0.05) is 5.56 Å². The number of alkyl halides is 2. The molecule has 0 aliphatic heterocycles. The summed E-state index contributed by atoms with van der Waals surface area (Å²) in [7, 11) is 1.26. The van der Waals surface area contributed by atoms with Crippen molar-refractivity contribution in [2.24, 2.45) is 5.10 Å². The van der Waals surface area contributed by atoms with Gasteiger partial charge < -0.3 is 13.9 Å². The van der Waals surface area contributed by atoms with Crippen molar-refractivity contribution in [3.8, 4) is 5.75 Å². The molecule has 11 heteroatoms. The van der Waals surface area contributed by atoms with E-state index in [2.05, 4.69) is 20.0 Å². The first-order valence-electron chi connectivity index (χ1n) is 9.29. The van der Waals surface area contributed by atoms with Gasteiger partial charge in [0.15, 0.2) is 0 Å². The van der Waals surface area contributed by atoms with Crippen LogP contribution in [0.1, 0.15) is 34.1 Å². The quantitative estimate of drug-likeness (QED) is 0.241.